The zero-order chi connectivity index (χ0) is 13.0. The molecule has 0 N–H and O–H groups in total. The lowest BCUT2D eigenvalue weighted by molar-refractivity contribution is 0.112. The van der Waals surface area contributed by atoms with Crippen LogP contribution >= 0.6 is 27.7 Å². The molecule has 0 saturated heterocycles. The van der Waals surface area contributed by atoms with E-state index >= 15 is 0 Å². The Kier molecular flexibility index (Phi) is 4.61. The van der Waals surface area contributed by atoms with E-state index in [4.69, 9.17) is 0 Å². The van der Waals surface area contributed by atoms with Gasteiger partial charge in [-0.3, -0.25) is 4.79 Å². The number of aryl methyl sites for hydroxylation is 1. The van der Waals surface area contributed by atoms with E-state index in [0.29, 0.717) is 5.56 Å². The Balaban J connectivity index is 2.08. The quantitative estimate of drug-likeness (QED) is 0.591. The molecule has 0 fully saturated rings. The van der Waals surface area contributed by atoms with Crippen LogP contribution in [0.1, 0.15) is 21.5 Å². The Morgan fingerprint density at radius 1 is 1.22 bits per heavy atom. The third-order valence-corrected chi connectivity index (χ3v) is 4.63. The molecule has 92 valence electrons. The van der Waals surface area contributed by atoms with Crippen molar-refractivity contribution in [2.75, 3.05) is 0 Å². The van der Waals surface area contributed by atoms with E-state index in [1.165, 1.54) is 11.1 Å². The van der Waals surface area contributed by atoms with Gasteiger partial charge in [0.2, 0.25) is 0 Å². The topological polar surface area (TPSA) is 17.1 Å². The van der Waals surface area contributed by atoms with E-state index < -0.39 is 0 Å². The Labute approximate surface area is 120 Å². The Bertz CT molecular complexity index is 566. The summed E-state index contributed by atoms with van der Waals surface area (Å²) in [4.78, 5) is 11.8. The normalized spacial score (nSPS) is 10.3. The van der Waals surface area contributed by atoms with Crippen LogP contribution < -0.4 is 0 Å². The van der Waals surface area contributed by atoms with Gasteiger partial charge in [-0.15, -0.1) is 11.8 Å². The van der Waals surface area contributed by atoms with Crippen LogP contribution in [0.25, 0.3) is 0 Å². The van der Waals surface area contributed by atoms with Crippen molar-refractivity contribution in [1.29, 1.82) is 0 Å². The maximum atomic E-state index is 10.7. The van der Waals surface area contributed by atoms with Gasteiger partial charge < -0.3 is 0 Å². The van der Waals surface area contributed by atoms with Crippen LogP contribution in [-0.4, -0.2) is 6.29 Å². The molecule has 2 aromatic carbocycles. The molecule has 0 amide bonds. The van der Waals surface area contributed by atoms with Crippen LogP contribution in [0, 0.1) is 6.92 Å². The van der Waals surface area contributed by atoms with Crippen LogP contribution in [-0.2, 0) is 5.75 Å². The van der Waals surface area contributed by atoms with E-state index in [1.54, 1.807) is 11.8 Å². The minimum absolute atomic E-state index is 0.696. The molecule has 0 radical (unpaired) electrons. The fraction of sp³-hybridized carbons (Fsp3) is 0.133. The van der Waals surface area contributed by atoms with Crippen molar-refractivity contribution in [3.63, 3.8) is 0 Å². The second-order valence-corrected chi connectivity index (χ2v) is 5.96. The molecule has 0 unspecified atom stereocenters. The number of rotatable bonds is 4. The van der Waals surface area contributed by atoms with E-state index in [2.05, 4.69) is 47.1 Å². The van der Waals surface area contributed by atoms with Gasteiger partial charge in [-0.25, -0.2) is 0 Å². The minimum atomic E-state index is 0.696. The number of thioether (sulfide) groups is 1. The predicted octanol–water partition coefficient (Wildman–Crippen LogP) is 4.86. The average Bonchev–Trinajstić information content (AvgIpc) is 2.37. The number of hydrogen-bond donors (Lipinski definition) is 0. The second kappa shape index (κ2) is 6.21. The molecule has 18 heavy (non-hydrogen) atoms. The van der Waals surface area contributed by atoms with Gasteiger partial charge in [0.05, 0.1) is 0 Å². The molecule has 0 aliphatic carbocycles. The summed E-state index contributed by atoms with van der Waals surface area (Å²) in [6.45, 7) is 2.10. The Morgan fingerprint density at radius 3 is 2.72 bits per heavy atom. The highest BCUT2D eigenvalue weighted by molar-refractivity contribution is 9.10. The molecule has 0 saturated carbocycles. The lowest BCUT2D eigenvalue weighted by Crippen LogP contribution is -1.85. The summed E-state index contributed by atoms with van der Waals surface area (Å²) < 4.78 is 0.977. The SMILES string of the molecule is Cc1cccc(CSc2ccc(C=O)cc2Br)c1. The fourth-order valence-corrected chi connectivity index (χ4v) is 3.27. The highest BCUT2D eigenvalue weighted by Crippen LogP contribution is 2.30. The highest BCUT2D eigenvalue weighted by atomic mass is 79.9. The molecular formula is C15H13BrOS. The standard InChI is InChI=1S/C15H13BrOS/c1-11-3-2-4-13(7-11)10-18-15-6-5-12(9-17)8-14(15)16/h2-9H,10H2,1H3. The van der Waals surface area contributed by atoms with Gasteiger partial charge in [-0.2, -0.15) is 0 Å². The fourth-order valence-electron chi connectivity index (χ4n) is 1.67. The first-order chi connectivity index (χ1) is 8.69. The Hall–Kier alpha value is -1.06. The number of benzene rings is 2. The lowest BCUT2D eigenvalue weighted by Gasteiger charge is -2.06. The summed E-state index contributed by atoms with van der Waals surface area (Å²) in [5.41, 5.74) is 3.29. The number of aldehydes is 1. The van der Waals surface area contributed by atoms with Crippen molar-refractivity contribution in [3.8, 4) is 0 Å². The van der Waals surface area contributed by atoms with E-state index in [-0.39, 0.29) is 0 Å². The summed E-state index contributed by atoms with van der Waals surface area (Å²) in [5, 5.41) is 0. The van der Waals surface area contributed by atoms with E-state index in [1.807, 2.05) is 18.2 Å². The molecular weight excluding hydrogens is 308 g/mol. The smallest absolute Gasteiger partial charge is 0.150 e. The third kappa shape index (κ3) is 3.47. The molecule has 0 atom stereocenters. The van der Waals surface area contributed by atoms with Crippen LogP contribution in [0.4, 0.5) is 0 Å². The first kappa shape index (κ1) is 13.4. The van der Waals surface area contributed by atoms with Gasteiger partial charge in [-0.05, 0) is 40.5 Å². The van der Waals surface area contributed by atoms with Gasteiger partial charge in [0.25, 0.3) is 0 Å². The molecule has 3 heteroatoms. The third-order valence-electron chi connectivity index (χ3n) is 2.57. The zero-order valence-corrected chi connectivity index (χ0v) is 12.4. The first-order valence-corrected chi connectivity index (χ1v) is 7.40. The van der Waals surface area contributed by atoms with E-state index in [9.17, 15) is 4.79 Å². The lowest BCUT2D eigenvalue weighted by atomic mass is 10.2. The molecule has 2 aromatic rings. The second-order valence-electron chi connectivity index (χ2n) is 4.09. The van der Waals surface area contributed by atoms with Crippen LogP contribution in [0.2, 0.25) is 0 Å². The monoisotopic (exact) mass is 320 g/mol. The Morgan fingerprint density at radius 2 is 2.06 bits per heavy atom. The van der Waals surface area contributed by atoms with Crippen molar-refractivity contribution in [3.05, 3.63) is 63.6 Å². The van der Waals surface area contributed by atoms with Gasteiger partial charge in [-0.1, -0.05) is 35.9 Å². The van der Waals surface area contributed by atoms with Crippen molar-refractivity contribution in [2.45, 2.75) is 17.6 Å². The molecule has 0 spiro atoms. The zero-order valence-electron chi connectivity index (χ0n) is 10.0. The van der Waals surface area contributed by atoms with Crippen LogP contribution in [0.3, 0.4) is 0 Å². The maximum absolute atomic E-state index is 10.7. The molecule has 2 rings (SSSR count). The first-order valence-electron chi connectivity index (χ1n) is 5.62. The number of hydrogen-bond acceptors (Lipinski definition) is 2. The largest absolute Gasteiger partial charge is 0.298 e. The molecule has 0 heterocycles. The average molecular weight is 321 g/mol. The van der Waals surface area contributed by atoms with Crippen molar-refractivity contribution >= 4 is 34.0 Å². The summed E-state index contributed by atoms with van der Waals surface area (Å²) in [6, 6.07) is 14.2. The van der Waals surface area contributed by atoms with Gasteiger partial charge >= 0.3 is 0 Å². The number of carbonyl (C=O) groups excluding carboxylic acids is 1. The van der Waals surface area contributed by atoms with Crippen molar-refractivity contribution in [1.82, 2.24) is 0 Å². The number of carbonyl (C=O) groups is 1. The van der Waals surface area contributed by atoms with Gasteiger partial charge in [0, 0.05) is 20.7 Å². The number of halogens is 1. The highest BCUT2D eigenvalue weighted by Gasteiger charge is 2.03. The maximum Gasteiger partial charge on any atom is 0.150 e. The van der Waals surface area contributed by atoms with Crippen molar-refractivity contribution < 1.29 is 4.79 Å². The predicted molar refractivity (Wildman–Crippen MR) is 80.3 cm³/mol. The summed E-state index contributed by atoms with van der Waals surface area (Å²) in [5.74, 6) is 0.931. The summed E-state index contributed by atoms with van der Waals surface area (Å²) >= 11 is 5.26. The molecule has 0 aromatic heterocycles. The molecule has 0 aliphatic rings. The van der Waals surface area contributed by atoms with E-state index in [0.717, 1.165) is 21.4 Å². The van der Waals surface area contributed by atoms with Gasteiger partial charge in [0.1, 0.15) is 6.29 Å². The van der Waals surface area contributed by atoms with Gasteiger partial charge in [0.15, 0.2) is 0 Å². The van der Waals surface area contributed by atoms with Crippen LogP contribution in [0.15, 0.2) is 51.8 Å². The molecule has 0 aliphatic heterocycles. The molecule has 0 bridgehead atoms. The summed E-state index contributed by atoms with van der Waals surface area (Å²) in [7, 11) is 0. The van der Waals surface area contributed by atoms with Crippen LogP contribution in [0.5, 0.6) is 0 Å². The minimum Gasteiger partial charge on any atom is -0.298 e. The van der Waals surface area contributed by atoms with Crippen molar-refractivity contribution in [2.24, 2.45) is 0 Å². The molecule has 1 nitrogen and oxygen atoms in total. The summed E-state index contributed by atoms with van der Waals surface area (Å²) in [6.07, 6.45) is 0.861.